The smallest absolute Gasteiger partial charge is 0.308 e. The molecule has 5 heteroatoms. The van der Waals surface area contributed by atoms with E-state index in [9.17, 15) is 9.59 Å². The van der Waals surface area contributed by atoms with Gasteiger partial charge in [-0.3, -0.25) is 14.6 Å². The van der Waals surface area contributed by atoms with Gasteiger partial charge in [0.1, 0.15) is 12.4 Å². The molecule has 15 heavy (non-hydrogen) atoms. The molecule has 0 saturated carbocycles. The molecule has 0 aliphatic rings. The predicted molar refractivity (Wildman–Crippen MR) is 51.0 cm³/mol. The first-order valence-electron chi connectivity index (χ1n) is 4.34. The van der Waals surface area contributed by atoms with Gasteiger partial charge in [0.25, 0.3) is 0 Å². The van der Waals surface area contributed by atoms with Crippen molar-refractivity contribution in [3.8, 4) is 5.75 Å². The fourth-order valence-corrected chi connectivity index (χ4v) is 0.898. The second kappa shape index (κ2) is 5.09. The summed E-state index contributed by atoms with van der Waals surface area (Å²) < 4.78 is 9.53. The third kappa shape index (κ3) is 4.21. The van der Waals surface area contributed by atoms with Crippen LogP contribution in [0.25, 0.3) is 0 Å². The molecule has 80 valence electrons. The van der Waals surface area contributed by atoms with Crippen molar-refractivity contribution in [1.29, 1.82) is 0 Å². The summed E-state index contributed by atoms with van der Waals surface area (Å²) >= 11 is 0. The van der Waals surface area contributed by atoms with E-state index >= 15 is 0 Å². The average molecular weight is 209 g/mol. The van der Waals surface area contributed by atoms with Crippen molar-refractivity contribution in [2.24, 2.45) is 0 Å². The van der Waals surface area contributed by atoms with Gasteiger partial charge in [0.05, 0.1) is 11.9 Å². The molecule has 0 aromatic carbocycles. The molecule has 1 heterocycles. The molecular formula is C10H11NO4. The zero-order valence-electron chi connectivity index (χ0n) is 8.52. The normalized spacial score (nSPS) is 9.47. The minimum Gasteiger partial charge on any atom is -0.459 e. The van der Waals surface area contributed by atoms with Crippen molar-refractivity contribution in [3.63, 3.8) is 0 Å². The van der Waals surface area contributed by atoms with Gasteiger partial charge in [-0.2, -0.15) is 0 Å². The Morgan fingerprint density at radius 2 is 2.00 bits per heavy atom. The number of carbonyl (C=O) groups excluding carboxylic acids is 2. The van der Waals surface area contributed by atoms with Crippen molar-refractivity contribution < 1.29 is 19.1 Å². The highest BCUT2D eigenvalue weighted by molar-refractivity contribution is 5.69. The number of hydrogen-bond donors (Lipinski definition) is 0. The van der Waals surface area contributed by atoms with E-state index in [1.54, 1.807) is 12.1 Å². The molecule has 0 radical (unpaired) electrons. The van der Waals surface area contributed by atoms with E-state index < -0.39 is 5.97 Å². The topological polar surface area (TPSA) is 65.5 Å². The third-order valence-electron chi connectivity index (χ3n) is 1.48. The quantitative estimate of drug-likeness (QED) is 0.696. The molecule has 0 amide bonds. The lowest BCUT2D eigenvalue weighted by molar-refractivity contribution is -0.142. The summed E-state index contributed by atoms with van der Waals surface area (Å²) in [6.07, 6.45) is 1.40. The highest BCUT2D eigenvalue weighted by Gasteiger charge is 2.00. The number of pyridine rings is 1. The molecule has 0 bridgehead atoms. The van der Waals surface area contributed by atoms with E-state index in [4.69, 9.17) is 9.47 Å². The van der Waals surface area contributed by atoms with Crippen molar-refractivity contribution in [2.75, 3.05) is 0 Å². The molecule has 0 fully saturated rings. The molecule has 1 rings (SSSR count). The molecule has 0 saturated heterocycles. The molecule has 0 aliphatic heterocycles. The summed E-state index contributed by atoms with van der Waals surface area (Å²) in [5.74, 6) is -0.389. The van der Waals surface area contributed by atoms with Crippen LogP contribution in [0, 0.1) is 0 Å². The van der Waals surface area contributed by atoms with Crippen LogP contribution in [0.4, 0.5) is 0 Å². The van der Waals surface area contributed by atoms with Crippen LogP contribution >= 0.6 is 0 Å². The fourth-order valence-electron chi connectivity index (χ4n) is 0.898. The molecule has 0 aliphatic carbocycles. The van der Waals surface area contributed by atoms with Gasteiger partial charge < -0.3 is 9.47 Å². The minimum absolute atomic E-state index is 0.121. The predicted octanol–water partition coefficient (Wildman–Crippen LogP) is 1.07. The molecule has 0 N–H and O–H groups in total. The lowest BCUT2D eigenvalue weighted by atomic mass is 10.3. The minimum atomic E-state index is -0.399. The summed E-state index contributed by atoms with van der Waals surface area (Å²) in [4.78, 5) is 25.1. The van der Waals surface area contributed by atoms with Gasteiger partial charge in [-0.1, -0.05) is 0 Å². The summed E-state index contributed by atoms with van der Waals surface area (Å²) in [7, 11) is 0. The van der Waals surface area contributed by atoms with Crippen LogP contribution in [0.3, 0.4) is 0 Å². The number of carbonyl (C=O) groups is 2. The van der Waals surface area contributed by atoms with Gasteiger partial charge in [-0.05, 0) is 12.1 Å². The van der Waals surface area contributed by atoms with Gasteiger partial charge >= 0.3 is 11.9 Å². The Labute approximate surface area is 87.0 Å². The molecule has 5 nitrogen and oxygen atoms in total. The van der Waals surface area contributed by atoms with Crippen molar-refractivity contribution >= 4 is 11.9 Å². The largest absolute Gasteiger partial charge is 0.459 e. The number of rotatable bonds is 3. The maximum atomic E-state index is 10.6. The van der Waals surface area contributed by atoms with Crippen molar-refractivity contribution in [3.05, 3.63) is 24.0 Å². The molecular weight excluding hydrogens is 198 g/mol. The van der Waals surface area contributed by atoms with Crippen molar-refractivity contribution in [1.82, 2.24) is 4.98 Å². The summed E-state index contributed by atoms with van der Waals surface area (Å²) in [6.45, 7) is 2.76. The first kappa shape index (κ1) is 11.2. The first-order valence-corrected chi connectivity index (χ1v) is 4.34. The van der Waals surface area contributed by atoms with Gasteiger partial charge in [-0.25, -0.2) is 0 Å². The number of aromatic nitrogens is 1. The molecule has 0 spiro atoms. The number of esters is 2. The molecule has 1 aromatic rings. The summed E-state index contributed by atoms with van der Waals surface area (Å²) in [5, 5.41) is 0. The monoisotopic (exact) mass is 209 g/mol. The first-order chi connectivity index (χ1) is 7.08. The van der Waals surface area contributed by atoms with E-state index in [1.807, 2.05) is 0 Å². The van der Waals surface area contributed by atoms with E-state index in [0.29, 0.717) is 11.4 Å². The lowest BCUT2D eigenvalue weighted by Gasteiger charge is -2.03. The van der Waals surface area contributed by atoms with Crippen LogP contribution in [-0.4, -0.2) is 16.9 Å². The third-order valence-corrected chi connectivity index (χ3v) is 1.48. The highest BCUT2D eigenvalue weighted by atomic mass is 16.5. The second-order valence-electron chi connectivity index (χ2n) is 2.86. The van der Waals surface area contributed by atoms with Gasteiger partial charge in [-0.15, -0.1) is 0 Å². The molecule has 0 atom stereocenters. The Morgan fingerprint density at radius 1 is 1.27 bits per heavy atom. The second-order valence-corrected chi connectivity index (χ2v) is 2.86. The lowest BCUT2D eigenvalue weighted by Crippen LogP contribution is -2.03. The van der Waals surface area contributed by atoms with Crippen LogP contribution < -0.4 is 4.74 Å². The maximum absolute atomic E-state index is 10.6. The van der Waals surface area contributed by atoms with E-state index in [-0.39, 0.29) is 12.6 Å². The zero-order valence-corrected chi connectivity index (χ0v) is 8.52. The van der Waals surface area contributed by atoms with Crippen LogP contribution in [0.1, 0.15) is 19.5 Å². The molecule has 1 aromatic heterocycles. The van der Waals surface area contributed by atoms with E-state index in [0.717, 1.165) is 0 Å². The Morgan fingerprint density at radius 3 is 2.47 bits per heavy atom. The maximum Gasteiger partial charge on any atom is 0.308 e. The van der Waals surface area contributed by atoms with Crippen LogP contribution in [-0.2, 0) is 20.9 Å². The van der Waals surface area contributed by atoms with Gasteiger partial charge in [0, 0.05) is 13.8 Å². The standard InChI is InChI=1S/C10H11NO4/c1-7(12)14-6-9-3-4-10(5-11-9)15-8(2)13/h3-5H,6H2,1-2H3. The summed E-state index contributed by atoms with van der Waals surface area (Å²) in [5.41, 5.74) is 0.598. The SMILES string of the molecule is CC(=O)OCc1ccc(OC(C)=O)cn1. The van der Waals surface area contributed by atoms with E-state index in [2.05, 4.69) is 4.98 Å². The van der Waals surface area contributed by atoms with Gasteiger partial charge in [0.2, 0.25) is 0 Å². The fraction of sp³-hybridized carbons (Fsp3) is 0.300. The van der Waals surface area contributed by atoms with Crippen LogP contribution in [0.2, 0.25) is 0 Å². The number of hydrogen-bond acceptors (Lipinski definition) is 5. The highest BCUT2D eigenvalue weighted by Crippen LogP contribution is 2.09. The Hall–Kier alpha value is -1.91. The number of nitrogens with zero attached hydrogens (tertiary/aromatic N) is 1. The number of ether oxygens (including phenoxy) is 2. The van der Waals surface area contributed by atoms with Crippen molar-refractivity contribution in [2.45, 2.75) is 20.5 Å². The summed E-state index contributed by atoms with van der Waals surface area (Å²) in [6, 6.07) is 3.22. The Kier molecular flexibility index (Phi) is 3.79. The molecule has 0 unspecified atom stereocenters. The van der Waals surface area contributed by atoms with Gasteiger partial charge in [0.15, 0.2) is 0 Å². The Balaban J connectivity index is 2.56. The van der Waals surface area contributed by atoms with E-state index in [1.165, 1.54) is 20.0 Å². The van der Waals surface area contributed by atoms with Crippen LogP contribution in [0.15, 0.2) is 18.3 Å². The Bertz CT molecular complexity index is 358. The average Bonchev–Trinajstić information content (AvgIpc) is 2.16. The van der Waals surface area contributed by atoms with Crippen LogP contribution in [0.5, 0.6) is 5.75 Å². The zero-order chi connectivity index (χ0) is 11.3.